The van der Waals surface area contributed by atoms with E-state index in [1.54, 1.807) is 12.1 Å². The fraction of sp³-hybridized carbons (Fsp3) is 0.529. The molecule has 0 spiro atoms. The summed E-state index contributed by atoms with van der Waals surface area (Å²) in [6.07, 6.45) is 2.26. The molecule has 1 aromatic rings. The second kappa shape index (κ2) is 7.51. The zero-order valence-electron chi connectivity index (χ0n) is 13.4. The number of nitrogens with one attached hydrogen (secondary N) is 1. The third kappa shape index (κ3) is 4.64. The van der Waals surface area contributed by atoms with Crippen molar-refractivity contribution in [3.05, 3.63) is 52.1 Å². The number of nitro benzene ring substituents is 1. The molecule has 5 nitrogen and oxygen atoms in total. The first kappa shape index (κ1) is 16.6. The molecule has 1 aromatic carbocycles. The summed E-state index contributed by atoms with van der Waals surface area (Å²) in [5, 5.41) is 14.3. The van der Waals surface area contributed by atoms with Crippen LogP contribution in [0, 0.1) is 10.1 Å². The van der Waals surface area contributed by atoms with E-state index in [9.17, 15) is 10.1 Å². The fourth-order valence-corrected chi connectivity index (χ4v) is 2.97. The number of nitro groups is 1. The van der Waals surface area contributed by atoms with Crippen LogP contribution in [-0.2, 0) is 0 Å². The number of hydrogen-bond donors (Lipinski definition) is 1. The van der Waals surface area contributed by atoms with Gasteiger partial charge in [-0.25, -0.2) is 0 Å². The zero-order chi connectivity index (χ0) is 16.1. The summed E-state index contributed by atoms with van der Waals surface area (Å²) >= 11 is 0. The first-order chi connectivity index (χ1) is 10.5. The number of non-ortho nitro benzene ring substituents is 1. The van der Waals surface area contributed by atoms with Gasteiger partial charge in [0.1, 0.15) is 0 Å². The van der Waals surface area contributed by atoms with E-state index in [0.717, 1.165) is 38.0 Å². The summed E-state index contributed by atoms with van der Waals surface area (Å²) in [5.41, 5.74) is 2.45. The number of piperidine rings is 1. The van der Waals surface area contributed by atoms with Crippen molar-refractivity contribution < 1.29 is 4.92 Å². The summed E-state index contributed by atoms with van der Waals surface area (Å²) in [5.74, 6) is 0. The van der Waals surface area contributed by atoms with Crippen LogP contribution in [0.15, 0.2) is 36.4 Å². The number of hydrogen-bond acceptors (Lipinski definition) is 4. The van der Waals surface area contributed by atoms with Gasteiger partial charge in [0.15, 0.2) is 0 Å². The molecule has 5 heteroatoms. The predicted octanol–water partition coefficient (Wildman–Crippen LogP) is 3.29. The molecule has 1 aliphatic heterocycles. The zero-order valence-corrected chi connectivity index (χ0v) is 13.4. The largest absolute Gasteiger partial charge is 0.307 e. The SMILES string of the molecule is C=C(C)CN1CCC(N[C@@H](C)c2ccc([N+](=O)[O-])cc2)CC1. The molecule has 1 heterocycles. The van der Waals surface area contributed by atoms with Gasteiger partial charge in [0.05, 0.1) is 4.92 Å². The molecule has 0 amide bonds. The van der Waals surface area contributed by atoms with E-state index in [0.29, 0.717) is 6.04 Å². The van der Waals surface area contributed by atoms with Crippen molar-refractivity contribution in [1.29, 1.82) is 0 Å². The smallest absolute Gasteiger partial charge is 0.269 e. The van der Waals surface area contributed by atoms with E-state index < -0.39 is 0 Å². The van der Waals surface area contributed by atoms with E-state index >= 15 is 0 Å². The summed E-state index contributed by atoms with van der Waals surface area (Å²) in [7, 11) is 0. The molecule has 120 valence electrons. The first-order valence-electron chi connectivity index (χ1n) is 7.83. The molecule has 22 heavy (non-hydrogen) atoms. The summed E-state index contributed by atoms with van der Waals surface area (Å²) in [6, 6.07) is 7.54. The third-order valence-corrected chi connectivity index (χ3v) is 4.17. The van der Waals surface area contributed by atoms with Crippen molar-refractivity contribution in [2.24, 2.45) is 0 Å². The van der Waals surface area contributed by atoms with Gasteiger partial charge in [-0.15, -0.1) is 0 Å². The van der Waals surface area contributed by atoms with Crippen LogP contribution in [0.5, 0.6) is 0 Å². The molecule has 0 saturated carbocycles. The Morgan fingerprint density at radius 2 is 2.00 bits per heavy atom. The van der Waals surface area contributed by atoms with Crippen LogP contribution in [0.2, 0.25) is 0 Å². The van der Waals surface area contributed by atoms with Gasteiger partial charge in [-0.05, 0) is 45.3 Å². The highest BCUT2D eigenvalue weighted by Crippen LogP contribution is 2.20. The number of nitrogens with zero attached hydrogens (tertiary/aromatic N) is 2. The average Bonchev–Trinajstić information content (AvgIpc) is 2.49. The van der Waals surface area contributed by atoms with Crippen LogP contribution in [-0.4, -0.2) is 35.5 Å². The van der Waals surface area contributed by atoms with E-state index in [1.165, 1.54) is 5.57 Å². The number of benzene rings is 1. The van der Waals surface area contributed by atoms with Crippen molar-refractivity contribution in [1.82, 2.24) is 10.2 Å². The molecule has 0 aromatic heterocycles. The predicted molar refractivity (Wildman–Crippen MR) is 88.9 cm³/mol. The second-order valence-electron chi connectivity index (χ2n) is 6.24. The highest BCUT2D eigenvalue weighted by Gasteiger charge is 2.20. The van der Waals surface area contributed by atoms with Crippen LogP contribution in [0.4, 0.5) is 5.69 Å². The summed E-state index contributed by atoms with van der Waals surface area (Å²) in [6.45, 7) is 11.3. The molecule has 1 aliphatic rings. The quantitative estimate of drug-likeness (QED) is 0.498. The lowest BCUT2D eigenvalue weighted by atomic mass is 10.0. The lowest BCUT2D eigenvalue weighted by Gasteiger charge is -2.34. The monoisotopic (exact) mass is 303 g/mol. The minimum Gasteiger partial charge on any atom is -0.307 e. The van der Waals surface area contributed by atoms with E-state index in [1.807, 2.05) is 12.1 Å². The standard InChI is InChI=1S/C17H25N3O2/c1-13(2)12-19-10-8-16(9-11-19)18-14(3)15-4-6-17(7-5-15)20(21)22/h4-7,14,16,18H,1,8-12H2,2-3H3/t14-/m0/s1. The Labute approximate surface area is 132 Å². The van der Waals surface area contributed by atoms with Crippen LogP contribution in [0.25, 0.3) is 0 Å². The first-order valence-corrected chi connectivity index (χ1v) is 7.83. The summed E-state index contributed by atoms with van der Waals surface area (Å²) in [4.78, 5) is 12.8. The number of likely N-dealkylation sites (tertiary alicyclic amines) is 1. The maximum absolute atomic E-state index is 10.7. The van der Waals surface area contributed by atoms with Gasteiger partial charge in [-0.2, -0.15) is 0 Å². The van der Waals surface area contributed by atoms with Gasteiger partial charge in [0.25, 0.3) is 5.69 Å². The van der Waals surface area contributed by atoms with Crippen molar-refractivity contribution in [3.8, 4) is 0 Å². The van der Waals surface area contributed by atoms with Crippen LogP contribution < -0.4 is 5.32 Å². The summed E-state index contributed by atoms with van der Waals surface area (Å²) < 4.78 is 0. The molecule has 0 bridgehead atoms. The minimum atomic E-state index is -0.362. The average molecular weight is 303 g/mol. The highest BCUT2D eigenvalue weighted by molar-refractivity contribution is 5.34. The van der Waals surface area contributed by atoms with Gasteiger partial charge in [0.2, 0.25) is 0 Å². The normalized spacial score (nSPS) is 18.1. The van der Waals surface area contributed by atoms with Gasteiger partial charge in [-0.3, -0.25) is 15.0 Å². The Morgan fingerprint density at radius 1 is 1.41 bits per heavy atom. The maximum atomic E-state index is 10.7. The molecule has 1 saturated heterocycles. The number of rotatable bonds is 6. The Morgan fingerprint density at radius 3 is 2.50 bits per heavy atom. The molecule has 0 radical (unpaired) electrons. The topological polar surface area (TPSA) is 58.4 Å². The Bertz CT molecular complexity index is 519. The van der Waals surface area contributed by atoms with Crippen molar-refractivity contribution in [3.63, 3.8) is 0 Å². The van der Waals surface area contributed by atoms with Gasteiger partial charge in [-0.1, -0.05) is 24.3 Å². The minimum absolute atomic E-state index is 0.143. The Kier molecular flexibility index (Phi) is 5.69. The van der Waals surface area contributed by atoms with Gasteiger partial charge < -0.3 is 5.32 Å². The van der Waals surface area contributed by atoms with Crippen molar-refractivity contribution >= 4 is 5.69 Å². The van der Waals surface area contributed by atoms with Crippen LogP contribution >= 0.6 is 0 Å². The second-order valence-corrected chi connectivity index (χ2v) is 6.24. The van der Waals surface area contributed by atoms with Crippen LogP contribution in [0.1, 0.15) is 38.3 Å². The fourth-order valence-electron chi connectivity index (χ4n) is 2.97. The highest BCUT2D eigenvalue weighted by atomic mass is 16.6. The van der Waals surface area contributed by atoms with Crippen LogP contribution in [0.3, 0.4) is 0 Å². The lowest BCUT2D eigenvalue weighted by Crippen LogP contribution is -2.43. The molecule has 0 unspecified atom stereocenters. The van der Waals surface area contributed by atoms with Crippen molar-refractivity contribution in [2.75, 3.05) is 19.6 Å². The molecule has 2 rings (SSSR count). The van der Waals surface area contributed by atoms with E-state index in [-0.39, 0.29) is 16.7 Å². The Balaban J connectivity index is 1.83. The molecule has 1 N–H and O–H groups in total. The Hall–Kier alpha value is -1.72. The van der Waals surface area contributed by atoms with Gasteiger partial charge in [0, 0.05) is 30.8 Å². The molecular weight excluding hydrogens is 278 g/mol. The third-order valence-electron chi connectivity index (χ3n) is 4.17. The van der Waals surface area contributed by atoms with E-state index in [4.69, 9.17) is 0 Å². The van der Waals surface area contributed by atoms with E-state index in [2.05, 4.69) is 30.6 Å². The van der Waals surface area contributed by atoms with Crippen molar-refractivity contribution in [2.45, 2.75) is 38.8 Å². The maximum Gasteiger partial charge on any atom is 0.269 e. The molecule has 1 atom stereocenters. The molecular formula is C17H25N3O2. The molecule has 1 fully saturated rings. The lowest BCUT2D eigenvalue weighted by molar-refractivity contribution is -0.384. The molecule has 0 aliphatic carbocycles. The van der Waals surface area contributed by atoms with Gasteiger partial charge >= 0.3 is 0 Å².